The standard InChI is InChI=1S/C11H20N2O3/c1-8(14)9(7-13(5)6)12-10(15)16-11(2,3)4/h7H,1-6H3,(H,12,15)/b9-7+. The van der Waals surface area contributed by atoms with Gasteiger partial charge < -0.3 is 9.64 Å². The van der Waals surface area contributed by atoms with Crippen LogP contribution in [0, 0.1) is 0 Å². The largest absolute Gasteiger partial charge is 0.444 e. The van der Waals surface area contributed by atoms with E-state index in [4.69, 9.17) is 4.74 Å². The van der Waals surface area contributed by atoms with Crippen LogP contribution in [0.1, 0.15) is 27.7 Å². The van der Waals surface area contributed by atoms with E-state index in [0.29, 0.717) is 0 Å². The Bertz CT molecular complexity index is 301. The van der Waals surface area contributed by atoms with Gasteiger partial charge in [0.05, 0.1) is 0 Å². The summed E-state index contributed by atoms with van der Waals surface area (Å²) >= 11 is 0. The summed E-state index contributed by atoms with van der Waals surface area (Å²) in [5.74, 6) is -0.223. The molecule has 0 saturated heterocycles. The number of hydrogen-bond acceptors (Lipinski definition) is 4. The van der Waals surface area contributed by atoms with E-state index in [2.05, 4.69) is 5.32 Å². The van der Waals surface area contributed by atoms with Gasteiger partial charge in [-0.25, -0.2) is 4.79 Å². The lowest BCUT2D eigenvalue weighted by Crippen LogP contribution is -2.34. The Morgan fingerprint density at radius 3 is 2.06 bits per heavy atom. The number of ketones is 1. The minimum Gasteiger partial charge on any atom is -0.444 e. The molecule has 0 aromatic rings. The lowest BCUT2D eigenvalue weighted by molar-refractivity contribution is -0.114. The van der Waals surface area contributed by atoms with Crippen molar-refractivity contribution in [2.45, 2.75) is 33.3 Å². The van der Waals surface area contributed by atoms with Crippen LogP contribution in [0.15, 0.2) is 11.9 Å². The fraction of sp³-hybridized carbons (Fsp3) is 0.636. The van der Waals surface area contributed by atoms with Gasteiger partial charge in [-0.15, -0.1) is 0 Å². The van der Waals surface area contributed by atoms with Crippen molar-refractivity contribution in [3.05, 3.63) is 11.9 Å². The van der Waals surface area contributed by atoms with Gasteiger partial charge in [0.1, 0.15) is 11.3 Å². The van der Waals surface area contributed by atoms with Crippen LogP contribution in [0.4, 0.5) is 4.79 Å². The van der Waals surface area contributed by atoms with Crippen LogP contribution in [0.5, 0.6) is 0 Å². The second kappa shape index (κ2) is 5.53. The molecule has 1 amide bonds. The predicted molar refractivity (Wildman–Crippen MR) is 61.8 cm³/mol. The molecule has 0 rings (SSSR count). The van der Waals surface area contributed by atoms with Crippen LogP contribution in [0.25, 0.3) is 0 Å². The molecular weight excluding hydrogens is 208 g/mol. The van der Waals surface area contributed by atoms with Gasteiger partial charge in [0, 0.05) is 27.2 Å². The molecule has 0 atom stereocenters. The number of amides is 1. The van der Waals surface area contributed by atoms with Crippen molar-refractivity contribution in [2.75, 3.05) is 14.1 Å². The highest BCUT2D eigenvalue weighted by molar-refractivity contribution is 5.96. The van der Waals surface area contributed by atoms with Crippen LogP contribution >= 0.6 is 0 Å². The zero-order valence-electron chi connectivity index (χ0n) is 10.7. The first-order chi connectivity index (χ1) is 7.11. The van der Waals surface area contributed by atoms with Gasteiger partial charge in [-0.2, -0.15) is 0 Å². The molecule has 0 saturated carbocycles. The molecular formula is C11H20N2O3. The average molecular weight is 228 g/mol. The van der Waals surface area contributed by atoms with Gasteiger partial charge in [-0.1, -0.05) is 0 Å². The molecule has 0 radical (unpaired) electrons. The fourth-order valence-corrected chi connectivity index (χ4v) is 0.883. The van der Waals surface area contributed by atoms with Gasteiger partial charge >= 0.3 is 6.09 Å². The molecule has 0 spiro atoms. The van der Waals surface area contributed by atoms with Crippen molar-refractivity contribution in [3.63, 3.8) is 0 Å². The Morgan fingerprint density at radius 1 is 1.25 bits per heavy atom. The summed E-state index contributed by atoms with van der Waals surface area (Å²) in [4.78, 5) is 24.3. The summed E-state index contributed by atoms with van der Waals surface area (Å²) in [6, 6.07) is 0. The first-order valence-corrected chi connectivity index (χ1v) is 5.01. The summed E-state index contributed by atoms with van der Waals surface area (Å²) in [5, 5.41) is 2.41. The van der Waals surface area contributed by atoms with Crippen LogP contribution in [-0.4, -0.2) is 36.5 Å². The molecule has 0 aliphatic rings. The highest BCUT2D eigenvalue weighted by atomic mass is 16.6. The smallest absolute Gasteiger partial charge is 0.412 e. The molecule has 0 aromatic heterocycles. The zero-order valence-corrected chi connectivity index (χ0v) is 10.7. The fourth-order valence-electron chi connectivity index (χ4n) is 0.883. The highest BCUT2D eigenvalue weighted by Gasteiger charge is 2.18. The number of nitrogens with zero attached hydrogens (tertiary/aromatic N) is 1. The minimum atomic E-state index is -0.629. The number of carbonyl (C=O) groups excluding carboxylic acids is 2. The summed E-state index contributed by atoms with van der Waals surface area (Å²) < 4.78 is 5.04. The van der Waals surface area contributed by atoms with Crippen molar-refractivity contribution in [3.8, 4) is 0 Å². The zero-order chi connectivity index (χ0) is 12.9. The second-order valence-corrected chi connectivity index (χ2v) is 4.69. The molecule has 0 aliphatic carbocycles. The van der Waals surface area contributed by atoms with E-state index in [1.165, 1.54) is 13.1 Å². The lowest BCUT2D eigenvalue weighted by Gasteiger charge is -2.20. The Hall–Kier alpha value is -1.52. The van der Waals surface area contributed by atoms with E-state index in [9.17, 15) is 9.59 Å². The van der Waals surface area contributed by atoms with Crippen molar-refractivity contribution in [2.24, 2.45) is 0 Å². The molecule has 0 aromatic carbocycles. The van der Waals surface area contributed by atoms with E-state index >= 15 is 0 Å². The lowest BCUT2D eigenvalue weighted by atomic mass is 10.2. The maximum absolute atomic E-state index is 11.4. The van der Waals surface area contributed by atoms with Gasteiger partial charge in [0.15, 0.2) is 5.78 Å². The second-order valence-electron chi connectivity index (χ2n) is 4.69. The molecule has 0 unspecified atom stereocenters. The van der Waals surface area contributed by atoms with Crippen LogP contribution < -0.4 is 5.32 Å². The van der Waals surface area contributed by atoms with Gasteiger partial charge in [-0.3, -0.25) is 10.1 Å². The molecule has 0 bridgehead atoms. The van der Waals surface area contributed by atoms with E-state index in [1.54, 1.807) is 39.8 Å². The van der Waals surface area contributed by atoms with Crippen molar-refractivity contribution in [1.82, 2.24) is 10.2 Å². The summed E-state index contributed by atoms with van der Waals surface area (Å²) in [5.41, 5.74) is -0.372. The number of carbonyl (C=O) groups is 2. The van der Waals surface area contributed by atoms with Crippen molar-refractivity contribution in [1.29, 1.82) is 0 Å². The van der Waals surface area contributed by atoms with Crippen LogP contribution in [-0.2, 0) is 9.53 Å². The topological polar surface area (TPSA) is 58.6 Å². The number of ether oxygens (including phenoxy) is 1. The van der Waals surface area contributed by atoms with Crippen LogP contribution in [0.3, 0.4) is 0 Å². The molecule has 0 aliphatic heterocycles. The van der Waals surface area contributed by atoms with Gasteiger partial charge in [-0.05, 0) is 20.8 Å². The Labute approximate surface area is 96.4 Å². The van der Waals surface area contributed by atoms with Gasteiger partial charge in [0.25, 0.3) is 0 Å². The first kappa shape index (κ1) is 14.5. The summed E-state index contributed by atoms with van der Waals surface area (Å²) in [7, 11) is 3.53. The molecule has 16 heavy (non-hydrogen) atoms. The molecule has 5 heteroatoms. The molecule has 5 nitrogen and oxygen atoms in total. The van der Waals surface area contributed by atoms with Crippen molar-refractivity contribution < 1.29 is 14.3 Å². The van der Waals surface area contributed by atoms with Crippen LogP contribution in [0.2, 0.25) is 0 Å². The average Bonchev–Trinajstić information content (AvgIpc) is 1.97. The van der Waals surface area contributed by atoms with E-state index < -0.39 is 11.7 Å². The van der Waals surface area contributed by atoms with E-state index in [0.717, 1.165) is 0 Å². The Morgan fingerprint density at radius 2 is 1.75 bits per heavy atom. The number of hydrogen-bond donors (Lipinski definition) is 1. The first-order valence-electron chi connectivity index (χ1n) is 5.01. The molecule has 0 fully saturated rings. The maximum atomic E-state index is 11.4. The maximum Gasteiger partial charge on any atom is 0.412 e. The number of nitrogens with one attached hydrogen (secondary N) is 1. The normalized spacial score (nSPS) is 12.0. The number of alkyl carbamates (subject to hydrolysis) is 1. The number of Topliss-reactive ketones (excluding diaryl/α,β-unsaturated/α-hetero) is 1. The Balaban J connectivity index is 4.55. The third-order valence-electron chi connectivity index (χ3n) is 1.40. The third kappa shape index (κ3) is 6.86. The summed E-state index contributed by atoms with van der Waals surface area (Å²) in [6.07, 6.45) is 0.905. The highest BCUT2D eigenvalue weighted by Crippen LogP contribution is 2.07. The molecule has 0 heterocycles. The number of rotatable bonds is 3. The molecule has 1 N–H and O–H groups in total. The summed E-state index contributed by atoms with van der Waals surface area (Å²) in [6.45, 7) is 6.66. The predicted octanol–water partition coefficient (Wildman–Crippen LogP) is 1.50. The van der Waals surface area contributed by atoms with Crippen molar-refractivity contribution >= 4 is 11.9 Å². The van der Waals surface area contributed by atoms with Gasteiger partial charge in [0.2, 0.25) is 0 Å². The minimum absolute atomic E-state index is 0.208. The van der Waals surface area contributed by atoms with E-state index in [-0.39, 0.29) is 11.5 Å². The number of allylic oxidation sites excluding steroid dienone is 1. The third-order valence-corrected chi connectivity index (χ3v) is 1.40. The monoisotopic (exact) mass is 228 g/mol. The molecule has 92 valence electrons. The quantitative estimate of drug-likeness (QED) is 0.744. The SMILES string of the molecule is CC(=O)/C(=C\N(C)C)NC(=O)OC(C)(C)C. The Kier molecular flexibility index (Phi) is 5.01. The van der Waals surface area contributed by atoms with E-state index in [1.807, 2.05) is 0 Å².